The highest BCUT2D eigenvalue weighted by atomic mass is 79.9. The average molecular weight is 565 g/mol. The molecule has 10 heteroatoms. The Morgan fingerprint density at radius 3 is 2.32 bits per heavy atom. The molecule has 7 nitrogen and oxygen atoms in total. The van der Waals surface area contributed by atoms with Gasteiger partial charge in [-0.05, 0) is 61.9 Å². The van der Waals surface area contributed by atoms with Gasteiger partial charge in [-0.2, -0.15) is 5.10 Å². The lowest BCUT2D eigenvalue weighted by atomic mass is 10.1. The number of carbonyl (C=O) groups excluding carboxylic acids is 1. The van der Waals surface area contributed by atoms with Crippen LogP contribution in [0.15, 0.2) is 81.2 Å². The zero-order valence-corrected chi connectivity index (χ0v) is 21.9. The van der Waals surface area contributed by atoms with Gasteiger partial charge in [0.25, 0.3) is 15.9 Å². The van der Waals surface area contributed by atoms with Gasteiger partial charge in [0.05, 0.1) is 28.4 Å². The molecule has 178 valence electrons. The molecular formula is C24H23BrClN3O4S. The lowest BCUT2D eigenvalue weighted by Crippen LogP contribution is -2.39. The molecule has 3 rings (SSSR count). The quantitative estimate of drug-likeness (QED) is 0.303. The molecule has 1 N–H and O–H groups in total. The zero-order chi connectivity index (χ0) is 24.9. The van der Waals surface area contributed by atoms with Crippen LogP contribution in [0.4, 0.5) is 5.69 Å². The summed E-state index contributed by atoms with van der Waals surface area (Å²) in [6.45, 7) is 3.10. The number of hydrogen-bond acceptors (Lipinski definition) is 5. The van der Waals surface area contributed by atoms with Gasteiger partial charge >= 0.3 is 0 Å². The Labute approximate surface area is 212 Å². The second kappa shape index (κ2) is 11.0. The number of rotatable bonds is 8. The molecule has 0 atom stereocenters. The predicted molar refractivity (Wildman–Crippen MR) is 138 cm³/mol. The number of hydrogen-bond donors (Lipinski definition) is 1. The first-order chi connectivity index (χ1) is 16.1. The Bertz CT molecular complexity index is 1310. The van der Waals surface area contributed by atoms with Crippen LogP contribution < -0.4 is 14.5 Å². The Morgan fingerprint density at radius 1 is 1.09 bits per heavy atom. The molecule has 0 aliphatic heterocycles. The summed E-state index contributed by atoms with van der Waals surface area (Å²) in [6, 6.07) is 18.3. The van der Waals surface area contributed by atoms with Crippen molar-refractivity contribution in [3.63, 3.8) is 0 Å². The molecule has 0 aliphatic carbocycles. The van der Waals surface area contributed by atoms with Gasteiger partial charge in [0.1, 0.15) is 12.3 Å². The SMILES string of the molecule is COc1ccc(N(CC(=O)N/N=C(/C)c2ccc(Br)cc2)S(=O)(=O)c2ccc(C)cc2)cc1Cl. The number of methoxy groups -OCH3 is 1. The second-order valence-corrected chi connectivity index (χ2v) is 10.6. The lowest BCUT2D eigenvalue weighted by Gasteiger charge is -2.24. The van der Waals surface area contributed by atoms with Crippen LogP contribution in [0.5, 0.6) is 5.75 Å². The first-order valence-corrected chi connectivity index (χ1v) is 12.7. The molecule has 0 aromatic heterocycles. The first kappa shape index (κ1) is 25.7. The van der Waals surface area contributed by atoms with Gasteiger partial charge in [0, 0.05) is 4.47 Å². The Balaban J connectivity index is 1.91. The van der Waals surface area contributed by atoms with E-state index >= 15 is 0 Å². The van der Waals surface area contributed by atoms with Gasteiger partial charge in [-0.3, -0.25) is 9.10 Å². The van der Waals surface area contributed by atoms with Crippen molar-refractivity contribution >= 4 is 54.9 Å². The monoisotopic (exact) mass is 563 g/mol. The summed E-state index contributed by atoms with van der Waals surface area (Å²) in [7, 11) is -2.62. The molecule has 0 bridgehead atoms. The van der Waals surface area contributed by atoms with Crippen LogP contribution in [0, 0.1) is 6.92 Å². The fraction of sp³-hybridized carbons (Fsp3) is 0.167. The van der Waals surface area contributed by atoms with Crippen molar-refractivity contribution < 1.29 is 17.9 Å². The number of carbonyl (C=O) groups is 1. The molecule has 0 fully saturated rings. The second-order valence-electron chi connectivity index (χ2n) is 7.38. The summed E-state index contributed by atoms with van der Waals surface area (Å²) >= 11 is 9.61. The van der Waals surface area contributed by atoms with Gasteiger partial charge in [-0.25, -0.2) is 13.8 Å². The summed E-state index contributed by atoms with van der Waals surface area (Å²) < 4.78 is 34.0. The summed E-state index contributed by atoms with van der Waals surface area (Å²) in [5.41, 5.74) is 4.95. The maximum Gasteiger partial charge on any atom is 0.264 e. The van der Waals surface area contributed by atoms with E-state index in [1.807, 2.05) is 31.2 Å². The van der Waals surface area contributed by atoms with E-state index in [4.69, 9.17) is 16.3 Å². The van der Waals surface area contributed by atoms with Crippen molar-refractivity contribution in [1.82, 2.24) is 5.43 Å². The summed E-state index contributed by atoms with van der Waals surface area (Å²) in [5, 5.41) is 4.33. The minimum absolute atomic E-state index is 0.0485. The van der Waals surface area contributed by atoms with E-state index in [1.165, 1.54) is 31.4 Å². The molecule has 3 aromatic carbocycles. The Hall–Kier alpha value is -2.88. The molecule has 0 saturated heterocycles. The normalized spacial score (nSPS) is 11.7. The molecule has 0 radical (unpaired) electrons. The van der Waals surface area contributed by atoms with Crippen molar-refractivity contribution in [2.75, 3.05) is 18.0 Å². The third-order valence-corrected chi connectivity index (χ3v) is 7.54. The topological polar surface area (TPSA) is 88.1 Å². The molecule has 0 saturated carbocycles. The summed E-state index contributed by atoms with van der Waals surface area (Å²) in [6.07, 6.45) is 0. The van der Waals surface area contributed by atoms with Crippen molar-refractivity contribution in [3.05, 3.63) is 87.4 Å². The number of nitrogens with zero attached hydrogens (tertiary/aromatic N) is 2. The zero-order valence-electron chi connectivity index (χ0n) is 18.7. The number of nitrogens with one attached hydrogen (secondary N) is 1. The van der Waals surface area contributed by atoms with Crippen LogP contribution in [0.2, 0.25) is 5.02 Å². The van der Waals surface area contributed by atoms with Crippen LogP contribution in [0.25, 0.3) is 0 Å². The number of hydrazone groups is 1. The largest absolute Gasteiger partial charge is 0.495 e. The standard InChI is InChI=1S/C24H23BrClN3O4S/c1-16-4-11-21(12-5-16)34(31,32)29(20-10-13-23(33-3)22(26)14-20)15-24(30)28-27-17(2)18-6-8-19(25)9-7-18/h4-14H,15H2,1-3H3,(H,28,30)/b27-17-. The van der Waals surface area contributed by atoms with Crippen LogP contribution in [-0.2, 0) is 14.8 Å². The molecule has 1 amide bonds. The van der Waals surface area contributed by atoms with Gasteiger partial charge in [-0.1, -0.05) is 57.4 Å². The minimum atomic E-state index is -4.08. The predicted octanol–water partition coefficient (Wildman–Crippen LogP) is 5.16. The van der Waals surface area contributed by atoms with Crippen molar-refractivity contribution in [2.45, 2.75) is 18.7 Å². The molecule has 0 aliphatic rings. The summed E-state index contributed by atoms with van der Waals surface area (Å²) in [4.78, 5) is 12.8. The van der Waals surface area contributed by atoms with Crippen molar-refractivity contribution in [1.29, 1.82) is 0 Å². The number of ether oxygens (including phenoxy) is 1. The Kier molecular flexibility index (Phi) is 8.35. The average Bonchev–Trinajstić information content (AvgIpc) is 2.81. The highest BCUT2D eigenvalue weighted by Crippen LogP contribution is 2.32. The van der Waals surface area contributed by atoms with Crippen molar-refractivity contribution in [3.8, 4) is 5.75 Å². The number of aryl methyl sites for hydroxylation is 1. The molecular weight excluding hydrogens is 542 g/mol. The fourth-order valence-corrected chi connectivity index (χ4v) is 4.96. The van der Waals surface area contributed by atoms with Crippen molar-refractivity contribution in [2.24, 2.45) is 5.10 Å². The number of amides is 1. The van der Waals surface area contributed by atoms with E-state index in [0.717, 1.165) is 19.9 Å². The van der Waals surface area contributed by atoms with Gasteiger partial charge < -0.3 is 4.74 Å². The molecule has 0 spiro atoms. The van der Waals surface area contributed by atoms with Crippen LogP contribution >= 0.6 is 27.5 Å². The van der Waals surface area contributed by atoms with E-state index < -0.39 is 22.5 Å². The smallest absolute Gasteiger partial charge is 0.264 e. The van der Waals surface area contributed by atoms with Crippen LogP contribution in [0.3, 0.4) is 0 Å². The van der Waals surface area contributed by atoms with E-state index in [-0.39, 0.29) is 15.6 Å². The fourth-order valence-electron chi connectivity index (χ4n) is 3.03. The molecule has 0 unspecified atom stereocenters. The minimum Gasteiger partial charge on any atom is -0.495 e. The number of halogens is 2. The number of anilines is 1. The highest BCUT2D eigenvalue weighted by Gasteiger charge is 2.28. The van der Waals surface area contributed by atoms with E-state index in [9.17, 15) is 13.2 Å². The maximum absolute atomic E-state index is 13.5. The lowest BCUT2D eigenvalue weighted by molar-refractivity contribution is -0.119. The van der Waals surface area contributed by atoms with Gasteiger partial charge in [0.15, 0.2) is 0 Å². The van der Waals surface area contributed by atoms with E-state index in [0.29, 0.717) is 11.5 Å². The number of sulfonamides is 1. The molecule has 34 heavy (non-hydrogen) atoms. The van der Waals surface area contributed by atoms with Crippen LogP contribution in [0.1, 0.15) is 18.1 Å². The number of benzene rings is 3. The van der Waals surface area contributed by atoms with Gasteiger partial charge in [-0.15, -0.1) is 0 Å². The van der Waals surface area contributed by atoms with E-state index in [1.54, 1.807) is 25.1 Å². The third-order valence-electron chi connectivity index (χ3n) is 4.93. The third kappa shape index (κ3) is 6.16. The molecule has 3 aromatic rings. The first-order valence-electron chi connectivity index (χ1n) is 10.1. The van der Waals surface area contributed by atoms with Crippen LogP contribution in [-0.4, -0.2) is 33.7 Å². The molecule has 0 heterocycles. The highest BCUT2D eigenvalue weighted by molar-refractivity contribution is 9.10. The van der Waals surface area contributed by atoms with Gasteiger partial charge in [0.2, 0.25) is 0 Å². The maximum atomic E-state index is 13.5. The Morgan fingerprint density at radius 2 is 1.74 bits per heavy atom. The van der Waals surface area contributed by atoms with E-state index in [2.05, 4.69) is 26.5 Å². The summed E-state index contributed by atoms with van der Waals surface area (Å²) in [5.74, 6) is -0.226.